The van der Waals surface area contributed by atoms with E-state index in [1.165, 1.54) is 23.9 Å². The molecule has 1 heterocycles. The Balaban J connectivity index is 1.64. The van der Waals surface area contributed by atoms with Crippen LogP contribution in [0.2, 0.25) is 5.02 Å². The largest absolute Gasteiger partial charge is 0.342 e. The van der Waals surface area contributed by atoms with Gasteiger partial charge in [-0.2, -0.15) is 0 Å². The van der Waals surface area contributed by atoms with Crippen molar-refractivity contribution in [3.05, 3.63) is 111 Å². The van der Waals surface area contributed by atoms with Gasteiger partial charge in [0.1, 0.15) is 0 Å². The van der Waals surface area contributed by atoms with Crippen molar-refractivity contribution in [3.63, 3.8) is 0 Å². The summed E-state index contributed by atoms with van der Waals surface area (Å²) in [4.78, 5) is 23.4. The van der Waals surface area contributed by atoms with Gasteiger partial charge in [0.15, 0.2) is 11.0 Å². The number of rotatable bonds is 8. The van der Waals surface area contributed by atoms with Gasteiger partial charge in [-0.25, -0.2) is 0 Å². The first kappa shape index (κ1) is 23.5. The zero-order chi connectivity index (χ0) is 24.1. The zero-order valence-electron chi connectivity index (χ0n) is 18.1. The van der Waals surface area contributed by atoms with Crippen LogP contribution in [0.3, 0.4) is 0 Å². The molecule has 0 fully saturated rings. The molecule has 1 aromatic heterocycles. The summed E-state index contributed by atoms with van der Waals surface area (Å²) in [5, 5.41) is 23.9. The number of amides is 1. The Morgan fingerprint density at radius 1 is 1.06 bits per heavy atom. The molecule has 8 nitrogen and oxygen atoms in total. The second-order valence-corrected chi connectivity index (χ2v) is 8.80. The van der Waals surface area contributed by atoms with Gasteiger partial charge in [-0.15, -0.1) is 10.2 Å². The van der Waals surface area contributed by atoms with E-state index in [-0.39, 0.29) is 11.6 Å². The monoisotopic (exact) mass is 493 g/mol. The molecule has 0 aliphatic heterocycles. The summed E-state index contributed by atoms with van der Waals surface area (Å²) in [6.45, 7) is 1.81. The molecule has 0 spiro atoms. The number of benzene rings is 3. The van der Waals surface area contributed by atoms with E-state index in [1.807, 2.05) is 41.8 Å². The number of nitro benzene ring substituents is 1. The van der Waals surface area contributed by atoms with Crippen molar-refractivity contribution >= 4 is 35.0 Å². The third kappa shape index (κ3) is 5.44. The van der Waals surface area contributed by atoms with E-state index in [0.29, 0.717) is 33.0 Å². The third-order valence-corrected chi connectivity index (χ3v) is 6.28. The lowest BCUT2D eigenvalue weighted by Gasteiger charge is -2.16. The fraction of sp³-hybridized carbons (Fsp3) is 0.125. The van der Waals surface area contributed by atoms with Crippen molar-refractivity contribution in [2.24, 2.45) is 0 Å². The van der Waals surface area contributed by atoms with Gasteiger partial charge in [0.05, 0.1) is 11.0 Å². The molecule has 0 saturated heterocycles. The number of nitro groups is 1. The second-order valence-electron chi connectivity index (χ2n) is 7.43. The number of nitrogens with one attached hydrogen (secondary N) is 1. The maximum absolute atomic E-state index is 12.7. The molecule has 0 aliphatic carbocycles. The number of aromatic nitrogens is 3. The number of non-ortho nitro benzene ring substituents is 1. The first-order chi connectivity index (χ1) is 16.4. The van der Waals surface area contributed by atoms with E-state index in [4.69, 9.17) is 11.6 Å². The van der Waals surface area contributed by atoms with Gasteiger partial charge in [0, 0.05) is 34.2 Å². The SMILES string of the molecule is CC(NC(=O)c1ccc(Cl)cc1)c1nnc(SCc2ccccc2)n1-c1ccc([N+](=O)[O-])cc1. The molecule has 4 aromatic rings. The van der Waals surface area contributed by atoms with E-state index >= 15 is 0 Å². The average Bonchev–Trinajstić information content (AvgIpc) is 3.28. The lowest BCUT2D eigenvalue weighted by molar-refractivity contribution is -0.384. The molecule has 0 aliphatic rings. The predicted octanol–water partition coefficient (Wildman–Crippen LogP) is 5.61. The van der Waals surface area contributed by atoms with Crippen LogP contribution >= 0.6 is 23.4 Å². The molecule has 1 unspecified atom stereocenters. The van der Waals surface area contributed by atoms with Crippen molar-refractivity contribution in [2.45, 2.75) is 23.9 Å². The van der Waals surface area contributed by atoms with Crippen LogP contribution in [0.25, 0.3) is 5.69 Å². The first-order valence-corrected chi connectivity index (χ1v) is 11.7. The van der Waals surface area contributed by atoms with Crippen molar-refractivity contribution in [3.8, 4) is 5.69 Å². The minimum Gasteiger partial charge on any atom is -0.342 e. The minimum absolute atomic E-state index is 0.0130. The number of nitrogens with zero attached hydrogens (tertiary/aromatic N) is 4. The van der Waals surface area contributed by atoms with Crippen molar-refractivity contribution < 1.29 is 9.72 Å². The van der Waals surface area contributed by atoms with E-state index < -0.39 is 11.0 Å². The molecule has 3 aromatic carbocycles. The molecule has 1 atom stereocenters. The standard InChI is InChI=1S/C24H20ClN5O3S/c1-16(26-23(31)18-7-9-19(25)10-8-18)22-27-28-24(34-15-17-5-3-2-4-6-17)29(22)20-11-13-21(14-12-20)30(32)33/h2-14,16H,15H2,1H3,(H,26,31). The molecular weight excluding hydrogens is 474 g/mol. The molecular formula is C24H20ClN5O3S. The average molecular weight is 494 g/mol. The summed E-state index contributed by atoms with van der Waals surface area (Å²) < 4.78 is 1.81. The fourth-order valence-electron chi connectivity index (χ4n) is 3.29. The van der Waals surface area contributed by atoms with Crippen molar-refractivity contribution in [1.29, 1.82) is 0 Å². The highest BCUT2D eigenvalue weighted by Gasteiger charge is 2.22. The summed E-state index contributed by atoms with van der Waals surface area (Å²) in [7, 11) is 0. The summed E-state index contributed by atoms with van der Waals surface area (Å²) in [6, 6.07) is 22.2. The smallest absolute Gasteiger partial charge is 0.269 e. The Morgan fingerprint density at radius 2 is 1.74 bits per heavy atom. The number of thioether (sulfide) groups is 1. The Labute approximate surface area is 205 Å². The van der Waals surface area contributed by atoms with Gasteiger partial charge in [0.2, 0.25) is 0 Å². The highest BCUT2D eigenvalue weighted by atomic mass is 35.5. The van der Waals surface area contributed by atoms with Crippen molar-refractivity contribution in [2.75, 3.05) is 0 Å². The molecule has 172 valence electrons. The van der Waals surface area contributed by atoms with E-state index in [9.17, 15) is 14.9 Å². The lowest BCUT2D eigenvalue weighted by Crippen LogP contribution is -2.28. The molecule has 4 rings (SSSR count). The zero-order valence-corrected chi connectivity index (χ0v) is 19.7. The Morgan fingerprint density at radius 3 is 2.38 bits per heavy atom. The number of hydrogen-bond acceptors (Lipinski definition) is 6. The summed E-state index contributed by atoms with van der Waals surface area (Å²) in [6.07, 6.45) is 0. The van der Waals surface area contributed by atoms with Crippen LogP contribution in [0.1, 0.15) is 34.7 Å². The fourth-order valence-corrected chi connectivity index (χ4v) is 4.33. The second kappa shape index (κ2) is 10.5. The number of hydrogen-bond donors (Lipinski definition) is 1. The van der Waals surface area contributed by atoms with Gasteiger partial charge >= 0.3 is 0 Å². The number of carbonyl (C=O) groups excluding carboxylic acids is 1. The van der Waals surface area contributed by atoms with Gasteiger partial charge in [-0.1, -0.05) is 53.7 Å². The van der Waals surface area contributed by atoms with Crippen LogP contribution < -0.4 is 5.32 Å². The minimum atomic E-state index is -0.489. The maximum atomic E-state index is 12.7. The molecule has 1 N–H and O–H groups in total. The molecule has 10 heteroatoms. The van der Waals surface area contributed by atoms with Gasteiger partial charge in [-0.3, -0.25) is 19.5 Å². The van der Waals surface area contributed by atoms with Crippen LogP contribution in [0.5, 0.6) is 0 Å². The Bertz CT molecular complexity index is 1290. The number of halogens is 1. The summed E-state index contributed by atoms with van der Waals surface area (Å²) in [5.41, 5.74) is 2.24. The lowest BCUT2D eigenvalue weighted by atomic mass is 10.2. The Hall–Kier alpha value is -3.69. The summed E-state index contributed by atoms with van der Waals surface area (Å²) in [5.74, 6) is 0.893. The first-order valence-electron chi connectivity index (χ1n) is 10.4. The topological polar surface area (TPSA) is 103 Å². The van der Waals surface area contributed by atoms with Crippen LogP contribution in [-0.4, -0.2) is 25.6 Å². The number of carbonyl (C=O) groups is 1. The van der Waals surface area contributed by atoms with E-state index in [0.717, 1.165) is 5.56 Å². The molecule has 1 amide bonds. The highest BCUT2D eigenvalue weighted by Crippen LogP contribution is 2.28. The predicted molar refractivity (Wildman–Crippen MR) is 131 cm³/mol. The van der Waals surface area contributed by atoms with Gasteiger partial charge in [-0.05, 0) is 48.9 Å². The molecule has 0 saturated carbocycles. The van der Waals surface area contributed by atoms with Crippen LogP contribution in [0, 0.1) is 10.1 Å². The highest BCUT2D eigenvalue weighted by molar-refractivity contribution is 7.98. The summed E-state index contributed by atoms with van der Waals surface area (Å²) >= 11 is 7.40. The van der Waals surface area contributed by atoms with Crippen molar-refractivity contribution in [1.82, 2.24) is 20.1 Å². The van der Waals surface area contributed by atoms with Gasteiger partial charge in [0.25, 0.3) is 11.6 Å². The Kier molecular flexibility index (Phi) is 7.24. The molecule has 34 heavy (non-hydrogen) atoms. The molecule has 0 bridgehead atoms. The van der Waals surface area contributed by atoms with Crippen LogP contribution in [0.4, 0.5) is 5.69 Å². The molecule has 0 radical (unpaired) electrons. The van der Waals surface area contributed by atoms with E-state index in [2.05, 4.69) is 15.5 Å². The van der Waals surface area contributed by atoms with Crippen LogP contribution in [-0.2, 0) is 5.75 Å². The van der Waals surface area contributed by atoms with Crippen LogP contribution in [0.15, 0.2) is 84.0 Å². The quantitative estimate of drug-likeness (QED) is 0.194. The third-order valence-electron chi connectivity index (χ3n) is 5.03. The van der Waals surface area contributed by atoms with E-state index in [1.54, 1.807) is 36.4 Å². The maximum Gasteiger partial charge on any atom is 0.269 e. The normalized spacial score (nSPS) is 11.7. The van der Waals surface area contributed by atoms with Gasteiger partial charge < -0.3 is 5.32 Å².